The molecule has 0 aliphatic carbocycles. The molecule has 0 fully saturated rings. The van der Waals surface area contributed by atoms with E-state index in [1.165, 1.54) is 34.7 Å². The number of imidazole rings is 1. The highest BCUT2D eigenvalue weighted by molar-refractivity contribution is 8.00. The van der Waals surface area contributed by atoms with Gasteiger partial charge in [-0.3, -0.25) is 13.9 Å². The maximum Gasteiger partial charge on any atom is 0.345 e. The van der Waals surface area contributed by atoms with Crippen molar-refractivity contribution in [3.8, 4) is 11.3 Å². The zero-order valence-corrected chi connectivity index (χ0v) is 17.3. The van der Waals surface area contributed by atoms with Crippen LogP contribution in [0.4, 0.5) is 0 Å². The summed E-state index contributed by atoms with van der Waals surface area (Å²) in [5.41, 5.74) is 0.560. The van der Waals surface area contributed by atoms with Gasteiger partial charge in [0, 0.05) is 24.9 Å². The minimum atomic E-state index is -0.460. The highest BCUT2D eigenvalue weighted by Gasteiger charge is 2.16. The van der Waals surface area contributed by atoms with E-state index < -0.39 is 16.9 Å². The topological polar surface area (TPSA) is 116 Å². The van der Waals surface area contributed by atoms with Gasteiger partial charge in [-0.1, -0.05) is 18.2 Å². The van der Waals surface area contributed by atoms with Gasteiger partial charge in [-0.25, -0.2) is 19.6 Å². The number of thiazole rings is 1. The molecule has 1 aromatic carbocycles. The van der Waals surface area contributed by atoms with Crippen molar-refractivity contribution >= 4 is 45.2 Å². The number of benzene rings is 1. The van der Waals surface area contributed by atoms with Crippen LogP contribution in [0.15, 0.2) is 64.0 Å². The van der Waals surface area contributed by atoms with Gasteiger partial charge in [0.1, 0.15) is 5.58 Å². The normalized spacial score (nSPS) is 11.5. The Labute approximate surface area is 175 Å². The number of nitrogens with zero attached hydrogens (tertiary/aromatic N) is 4. The quantitative estimate of drug-likeness (QED) is 0.429. The lowest BCUT2D eigenvalue weighted by atomic mass is 10.1. The summed E-state index contributed by atoms with van der Waals surface area (Å²) in [7, 11) is 2.97. The van der Waals surface area contributed by atoms with Gasteiger partial charge in [0.25, 0.3) is 5.56 Å². The van der Waals surface area contributed by atoms with Crippen molar-refractivity contribution in [2.45, 2.75) is 9.50 Å². The Kier molecular flexibility index (Phi) is 4.22. The van der Waals surface area contributed by atoms with E-state index in [-0.39, 0.29) is 11.2 Å². The Hall–Kier alpha value is -3.44. The number of hydrogen-bond donors (Lipinski definition) is 1. The Bertz CT molecular complexity index is 1620. The number of aromatic amines is 1. The summed E-state index contributed by atoms with van der Waals surface area (Å²) in [5, 5.41) is 3.00. The van der Waals surface area contributed by atoms with Crippen molar-refractivity contribution in [1.29, 1.82) is 0 Å². The molecule has 0 radical (unpaired) electrons. The van der Waals surface area contributed by atoms with E-state index in [1.54, 1.807) is 30.6 Å². The Morgan fingerprint density at radius 1 is 1.10 bits per heavy atom. The molecule has 0 aliphatic rings. The molecule has 0 saturated heterocycles. The van der Waals surface area contributed by atoms with Crippen LogP contribution in [0.3, 0.4) is 0 Å². The van der Waals surface area contributed by atoms with E-state index in [4.69, 9.17) is 4.42 Å². The fraction of sp³-hybridized carbons (Fsp3) is 0.105. The Balaban J connectivity index is 1.53. The smallest absolute Gasteiger partial charge is 0.345 e. The number of rotatable bonds is 3. The second-order valence-corrected chi connectivity index (χ2v) is 8.63. The first kappa shape index (κ1) is 18.6. The summed E-state index contributed by atoms with van der Waals surface area (Å²) in [4.78, 5) is 48.6. The van der Waals surface area contributed by atoms with Gasteiger partial charge in [-0.05, 0) is 23.9 Å². The van der Waals surface area contributed by atoms with E-state index in [0.29, 0.717) is 26.3 Å². The molecule has 9 nitrogen and oxygen atoms in total. The molecule has 0 spiro atoms. The van der Waals surface area contributed by atoms with E-state index in [0.717, 1.165) is 9.95 Å². The molecule has 0 bridgehead atoms. The van der Waals surface area contributed by atoms with E-state index in [1.807, 2.05) is 12.1 Å². The standard InChI is InChI=1S/C19H13N5O4S2/c1-23-14-13(15(25)24(2)19(23)27)21-17(22-14)30-18-20-11(8-29-18)10-7-9-5-3-4-6-12(9)28-16(10)26/h3-8H,1-2H3,(H,21,22). The molecule has 30 heavy (non-hydrogen) atoms. The zero-order valence-electron chi connectivity index (χ0n) is 15.7. The number of H-pyrrole nitrogens is 1. The van der Waals surface area contributed by atoms with Crippen LogP contribution in [0.2, 0.25) is 0 Å². The van der Waals surface area contributed by atoms with Gasteiger partial charge in [0.05, 0.1) is 11.3 Å². The zero-order chi connectivity index (χ0) is 21.0. The molecule has 0 saturated carbocycles. The summed E-state index contributed by atoms with van der Waals surface area (Å²) in [6.45, 7) is 0. The second kappa shape index (κ2) is 6.82. The molecular formula is C19H13N5O4S2. The lowest BCUT2D eigenvalue weighted by Crippen LogP contribution is -2.36. The first-order valence-corrected chi connectivity index (χ1v) is 10.4. The fourth-order valence-electron chi connectivity index (χ4n) is 3.10. The van der Waals surface area contributed by atoms with Crippen LogP contribution >= 0.6 is 23.1 Å². The average Bonchev–Trinajstić information content (AvgIpc) is 3.38. The van der Waals surface area contributed by atoms with Crippen molar-refractivity contribution < 1.29 is 4.42 Å². The van der Waals surface area contributed by atoms with Gasteiger partial charge in [-0.15, -0.1) is 11.3 Å². The number of aromatic nitrogens is 5. The van der Waals surface area contributed by atoms with Crippen molar-refractivity contribution in [2.24, 2.45) is 14.1 Å². The maximum absolute atomic E-state index is 12.4. The van der Waals surface area contributed by atoms with Gasteiger partial charge >= 0.3 is 11.3 Å². The molecule has 5 rings (SSSR count). The Morgan fingerprint density at radius 2 is 1.90 bits per heavy atom. The molecule has 11 heteroatoms. The molecule has 5 aromatic rings. The van der Waals surface area contributed by atoms with Crippen molar-refractivity contribution in [3.63, 3.8) is 0 Å². The molecule has 0 amide bonds. The number of para-hydroxylation sites is 1. The minimum absolute atomic E-state index is 0.244. The van der Waals surface area contributed by atoms with Crippen LogP contribution in [-0.2, 0) is 14.1 Å². The third-order valence-corrected chi connectivity index (χ3v) is 6.48. The fourth-order valence-corrected chi connectivity index (χ4v) is 4.82. The highest BCUT2D eigenvalue weighted by atomic mass is 32.2. The summed E-state index contributed by atoms with van der Waals surface area (Å²) in [6.07, 6.45) is 0. The first-order valence-electron chi connectivity index (χ1n) is 8.75. The number of aryl methyl sites for hydroxylation is 1. The van der Waals surface area contributed by atoms with Gasteiger partial charge in [0.2, 0.25) is 0 Å². The van der Waals surface area contributed by atoms with Crippen LogP contribution in [0, 0.1) is 0 Å². The van der Waals surface area contributed by atoms with Gasteiger partial charge < -0.3 is 9.40 Å². The largest absolute Gasteiger partial charge is 0.422 e. The minimum Gasteiger partial charge on any atom is -0.422 e. The number of nitrogens with one attached hydrogen (secondary N) is 1. The Morgan fingerprint density at radius 3 is 2.73 bits per heavy atom. The van der Waals surface area contributed by atoms with Crippen molar-refractivity contribution in [3.05, 3.63) is 67.0 Å². The van der Waals surface area contributed by atoms with Crippen LogP contribution in [0.5, 0.6) is 0 Å². The highest BCUT2D eigenvalue weighted by Crippen LogP contribution is 2.32. The molecule has 4 heterocycles. The SMILES string of the molecule is Cn1c(=O)c2[nH]c(Sc3nc(-c4cc5ccccc5oc4=O)cs3)nc2n(C)c1=O. The summed E-state index contributed by atoms with van der Waals surface area (Å²) in [6, 6.07) is 9.03. The van der Waals surface area contributed by atoms with Gasteiger partial charge in [-0.2, -0.15) is 0 Å². The molecule has 4 aromatic heterocycles. The van der Waals surface area contributed by atoms with Crippen LogP contribution in [-0.4, -0.2) is 24.1 Å². The maximum atomic E-state index is 12.4. The van der Waals surface area contributed by atoms with Crippen LogP contribution in [0.25, 0.3) is 33.4 Å². The van der Waals surface area contributed by atoms with E-state index in [2.05, 4.69) is 15.0 Å². The third-order valence-electron chi connectivity index (χ3n) is 4.66. The average molecular weight is 439 g/mol. The number of fused-ring (bicyclic) bond motifs is 2. The third kappa shape index (κ3) is 2.90. The van der Waals surface area contributed by atoms with Crippen molar-refractivity contribution in [1.82, 2.24) is 24.1 Å². The van der Waals surface area contributed by atoms with Crippen LogP contribution < -0.4 is 16.9 Å². The summed E-state index contributed by atoms with van der Waals surface area (Å²) < 4.78 is 8.33. The monoisotopic (exact) mass is 439 g/mol. The molecule has 0 unspecified atom stereocenters. The molecule has 0 aliphatic heterocycles. The van der Waals surface area contributed by atoms with Crippen LogP contribution in [0.1, 0.15) is 0 Å². The van der Waals surface area contributed by atoms with Crippen molar-refractivity contribution in [2.75, 3.05) is 0 Å². The summed E-state index contributed by atoms with van der Waals surface area (Å²) >= 11 is 2.55. The molecule has 1 N–H and O–H groups in total. The summed E-state index contributed by atoms with van der Waals surface area (Å²) in [5.74, 6) is 0. The molecular weight excluding hydrogens is 426 g/mol. The molecule has 0 atom stereocenters. The first-order chi connectivity index (χ1) is 14.4. The lowest BCUT2D eigenvalue weighted by molar-refractivity contribution is 0.563. The van der Waals surface area contributed by atoms with Gasteiger partial charge in [0.15, 0.2) is 20.7 Å². The predicted molar refractivity (Wildman–Crippen MR) is 114 cm³/mol. The van der Waals surface area contributed by atoms with E-state index >= 15 is 0 Å². The predicted octanol–water partition coefficient (Wildman–Crippen LogP) is 2.34. The van der Waals surface area contributed by atoms with E-state index in [9.17, 15) is 14.4 Å². The number of hydrogen-bond acceptors (Lipinski definition) is 8. The molecule has 150 valence electrons. The second-order valence-electron chi connectivity index (χ2n) is 6.53. The lowest BCUT2D eigenvalue weighted by Gasteiger charge is -2.00.